The fourth-order valence-electron chi connectivity index (χ4n) is 1.66. The Morgan fingerprint density at radius 3 is 2.50 bits per heavy atom. The van der Waals surface area contributed by atoms with Gasteiger partial charge in [0.2, 0.25) is 0 Å². The van der Waals surface area contributed by atoms with E-state index in [0.717, 1.165) is 30.4 Å². The van der Waals surface area contributed by atoms with Crippen molar-refractivity contribution in [1.29, 1.82) is 0 Å². The molecule has 0 amide bonds. The van der Waals surface area contributed by atoms with E-state index < -0.39 is 6.16 Å². The molecule has 1 rings (SSSR count). The smallest absolute Gasteiger partial charge is 0.504 e. The number of carboxylic acid groups (broad SMARTS) is 1. The summed E-state index contributed by atoms with van der Waals surface area (Å²) in [6, 6.07) is 3.18. The molecule has 2 N–H and O–H groups in total. The van der Waals surface area contributed by atoms with Gasteiger partial charge in [0.15, 0.2) is 11.5 Å². The highest BCUT2D eigenvalue weighted by Gasteiger charge is 2.11. The Balaban J connectivity index is 3.09. The summed E-state index contributed by atoms with van der Waals surface area (Å²) < 4.78 is 4.49. The largest absolute Gasteiger partial charge is 0.511 e. The van der Waals surface area contributed by atoms with Gasteiger partial charge in [-0.1, -0.05) is 20.3 Å². The van der Waals surface area contributed by atoms with Crippen molar-refractivity contribution in [1.82, 2.24) is 0 Å². The molecule has 16 heavy (non-hydrogen) atoms. The topological polar surface area (TPSA) is 66.8 Å². The van der Waals surface area contributed by atoms with Gasteiger partial charge < -0.3 is 14.9 Å². The van der Waals surface area contributed by atoms with Gasteiger partial charge in [-0.25, -0.2) is 4.79 Å². The first-order chi connectivity index (χ1) is 7.58. The first kappa shape index (κ1) is 12.4. The lowest BCUT2D eigenvalue weighted by molar-refractivity contribution is 0.143. The van der Waals surface area contributed by atoms with Crippen LogP contribution >= 0.6 is 0 Å². The van der Waals surface area contributed by atoms with Crippen molar-refractivity contribution in [3.05, 3.63) is 23.3 Å². The van der Waals surface area contributed by atoms with E-state index in [1.165, 1.54) is 0 Å². The zero-order valence-electron chi connectivity index (χ0n) is 9.49. The van der Waals surface area contributed by atoms with Crippen molar-refractivity contribution < 1.29 is 19.7 Å². The molecule has 0 aromatic heterocycles. The number of ether oxygens (including phenoxy) is 1. The van der Waals surface area contributed by atoms with E-state index in [1.54, 1.807) is 12.1 Å². The normalized spacial score (nSPS) is 10.1. The number of hydrogen-bond donors (Lipinski definition) is 2. The quantitative estimate of drug-likeness (QED) is 0.609. The summed E-state index contributed by atoms with van der Waals surface area (Å²) in [5.41, 5.74) is 2.05. The van der Waals surface area contributed by atoms with Crippen LogP contribution in [0.15, 0.2) is 12.1 Å². The van der Waals surface area contributed by atoms with Crippen LogP contribution in [0.4, 0.5) is 4.79 Å². The Labute approximate surface area is 94.5 Å². The molecule has 0 bridgehead atoms. The van der Waals surface area contributed by atoms with E-state index in [2.05, 4.69) is 11.7 Å². The second-order valence-electron chi connectivity index (χ2n) is 3.56. The molecular weight excluding hydrogens is 208 g/mol. The predicted octanol–water partition coefficient (Wildman–Crippen LogP) is 2.96. The Bertz CT molecular complexity index is 385. The third-order valence-electron chi connectivity index (χ3n) is 2.38. The Hall–Kier alpha value is -1.71. The lowest BCUT2D eigenvalue weighted by Gasteiger charge is -2.10. The van der Waals surface area contributed by atoms with Crippen LogP contribution in [0.2, 0.25) is 0 Å². The van der Waals surface area contributed by atoms with Gasteiger partial charge in [-0.05, 0) is 36.1 Å². The molecule has 0 aliphatic rings. The average molecular weight is 224 g/mol. The molecule has 88 valence electrons. The zero-order valence-corrected chi connectivity index (χ0v) is 9.49. The van der Waals surface area contributed by atoms with Crippen molar-refractivity contribution in [3.63, 3.8) is 0 Å². The fraction of sp³-hybridized carbons (Fsp3) is 0.417. The van der Waals surface area contributed by atoms with E-state index in [4.69, 9.17) is 5.11 Å². The molecule has 0 radical (unpaired) electrons. The van der Waals surface area contributed by atoms with Crippen LogP contribution in [-0.4, -0.2) is 16.4 Å². The first-order valence-electron chi connectivity index (χ1n) is 5.34. The summed E-state index contributed by atoms with van der Waals surface area (Å²) in [5.74, 6) is -0.118. The lowest BCUT2D eigenvalue weighted by Crippen LogP contribution is -2.04. The summed E-state index contributed by atoms with van der Waals surface area (Å²) in [7, 11) is 0. The van der Waals surface area contributed by atoms with Crippen LogP contribution in [0.1, 0.15) is 31.4 Å². The number of benzene rings is 1. The van der Waals surface area contributed by atoms with E-state index in [-0.39, 0.29) is 11.5 Å². The van der Waals surface area contributed by atoms with Crippen molar-refractivity contribution >= 4 is 6.16 Å². The molecule has 0 unspecified atom stereocenters. The van der Waals surface area contributed by atoms with Gasteiger partial charge in [-0.15, -0.1) is 0 Å². The second kappa shape index (κ2) is 5.39. The summed E-state index contributed by atoms with van der Waals surface area (Å²) in [6.07, 6.45) is 1.21. The maximum Gasteiger partial charge on any atom is 0.511 e. The molecule has 0 saturated carbocycles. The molecule has 0 heterocycles. The van der Waals surface area contributed by atoms with E-state index in [9.17, 15) is 9.90 Å². The monoisotopic (exact) mass is 224 g/mol. The standard InChI is InChI=1S/C12H16O4/c1-3-5-9-6-10(13)11(16-12(14)15)7-8(9)4-2/h6-7,13H,3-5H2,1-2H3,(H,14,15). The van der Waals surface area contributed by atoms with Gasteiger partial charge in [0.05, 0.1) is 0 Å². The van der Waals surface area contributed by atoms with Gasteiger partial charge in [0.1, 0.15) is 0 Å². The maximum atomic E-state index is 10.4. The number of aromatic hydroxyl groups is 1. The fourth-order valence-corrected chi connectivity index (χ4v) is 1.66. The van der Waals surface area contributed by atoms with E-state index >= 15 is 0 Å². The molecule has 0 fully saturated rings. The summed E-state index contributed by atoms with van der Waals surface area (Å²) in [6.45, 7) is 4.04. The van der Waals surface area contributed by atoms with Crippen LogP contribution in [0.3, 0.4) is 0 Å². The highest BCUT2D eigenvalue weighted by Crippen LogP contribution is 2.30. The van der Waals surface area contributed by atoms with Gasteiger partial charge in [-0.3, -0.25) is 0 Å². The molecule has 0 atom stereocenters. The van der Waals surface area contributed by atoms with Crippen molar-refractivity contribution in [2.45, 2.75) is 33.1 Å². The van der Waals surface area contributed by atoms with E-state index in [1.807, 2.05) is 6.92 Å². The molecule has 0 spiro atoms. The molecule has 4 heteroatoms. The third kappa shape index (κ3) is 2.89. The van der Waals surface area contributed by atoms with Crippen LogP contribution in [0.25, 0.3) is 0 Å². The molecule has 0 saturated heterocycles. The first-order valence-corrected chi connectivity index (χ1v) is 5.34. The van der Waals surface area contributed by atoms with Crippen molar-refractivity contribution in [3.8, 4) is 11.5 Å². The minimum absolute atomic E-state index is 0.00389. The average Bonchev–Trinajstić information content (AvgIpc) is 2.21. The van der Waals surface area contributed by atoms with Crippen LogP contribution in [0.5, 0.6) is 11.5 Å². The predicted molar refractivity (Wildman–Crippen MR) is 60.1 cm³/mol. The number of carbonyl (C=O) groups is 1. The molecule has 0 aliphatic carbocycles. The maximum absolute atomic E-state index is 10.4. The van der Waals surface area contributed by atoms with Gasteiger partial charge in [0, 0.05) is 0 Å². The number of phenolic OH excluding ortho intramolecular Hbond substituents is 1. The highest BCUT2D eigenvalue weighted by molar-refractivity contribution is 5.63. The van der Waals surface area contributed by atoms with Gasteiger partial charge >= 0.3 is 6.16 Å². The SMILES string of the molecule is CCCc1cc(O)c(OC(=O)O)cc1CC. The Kier molecular flexibility index (Phi) is 4.17. The highest BCUT2D eigenvalue weighted by atomic mass is 16.7. The summed E-state index contributed by atoms with van der Waals surface area (Å²) in [4.78, 5) is 10.4. The number of aryl methyl sites for hydroxylation is 2. The van der Waals surface area contributed by atoms with Crippen LogP contribution in [-0.2, 0) is 12.8 Å². The third-order valence-corrected chi connectivity index (χ3v) is 2.38. The van der Waals surface area contributed by atoms with Crippen LogP contribution < -0.4 is 4.74 Å². The summed E-state index contributed by atoms with van der Waals surface area (Å²) in [5, 5.41) is 18.1. The molecule has 4 nitrogen and oxygen atoms in total. The Morgan fingerprint density at radius 1 is 1.31 bits per heavy atom. The molecular formula is C12H16O4. The Morgan fingerprint density at radius 2 is 2.00 bits per heavy atom. The zero-order chi connectivity index (χ0) is 12.1. The number of rotatable bonds is 4. The second-order valence-corrected chi connectivity index (χ2v) is 3.56. The van der Waals surface area contributed by atoms with Gasteiger partial charge in [0.25, 0.3) is 0 Å². The van der Waals surface area contributed by atoms with Crippen molar-refractivity contribution in [2.24, 2.45) is 0 Å². The van der Waals surface area contributed by atoms with E-state index in [0.29, 0.717) is 0 Å². The van der Waals surface area contributed by atoms with Crippen molar-refractivity contribution in [2.75, 3.05) is 0 Å². The number of hydrogen-bond acceptors (Lipinski definition) is 3. The minimum atomic E-state index is -1.42. The number of phenols is 1. The minimum Gasteiger partial charge on any atom is -0.504 e. The van der Waals surface area contributed by atoms with Gasteiger partial charge in [-0.2, -0.15) is 0 Å². The molecule has 0 aliphatic heterocycles. The molecule has 1 aromatic rings. The molecule has 1 aromatic carbocycles. The summed E-state index contributed by atoms with van der Waals surface area (Å²) >= 11 is 0. The van der Waals surface area contributed by atoms with Crippen LogP contribution in [0, 0.1) is 0 Å². The lowest BCUT2D eigenvalue weighted by atomic mass is 10.0.